The molecule has 1 fully saturated rings. The number of ether oxygens (including phenoxy) is 1. The number of hydrogen-bond donors (Lipinski definition) is 1. The molecule has 0 bridgehead atoms. The first kappa shape index (κ1) is 7.98. The molecular formula is C7H16N2O. The highest BCUT2D eigenvalue weighted by Crippen LogP contribution is 2.21. The maximum atomic E-state index is 6.01. The molecule has 3 heteroatoms. The number of nitrogens with two attached hydrogens (primary N) is 1. The summed E-state index contributed by atoms with van der Waals surface area (Å²) < 4.78 is 5.03. The predicted molar refractivity (Wildman–Crippen MR) is 40.7 cm³/mol. The summed E-state index contributed by atoms with van der Waals surface area (Å²) in [4.78, 5) is 2.16. The molecule has 0 aromatic carbocycles. The molecule has 0 aliphatic carbocycles. The van der Waals surface area contributed by atoms with E-state index >= 15 is 0 Å². The van der Waals surface area contributed by atoms with Gasteiger partial charge in [0.15, 0.2) is 0 Å². The Labute approximate surface area is 62.1 Å². The van der Waals surface area contributed by atoms with Crippen LogP contribution in [0.3, 0.4) is 0 Å². The van der Waals surface area contributed by atoms with Gasteiger partial charge in [-0.1, -0.05) is 0 Å². The Kier molecular flexibility index (Phi) is 2.28. The van der Waals surface area contributed by atoms with Gasteiger partial charge in [0.05, 0.1) is 12.3 Å². The summed E-state index contributed by atoms with van der Waals surface area (Å²) in [5.41, 5.74) is 5.83. The standard InChI is InChI=1S/C7H16N2O/c1-9-5-3-4-7(9,8)6-10-2/h3-6,8H2,1-2H3. The van der Waals surface area contributed by atoms with Crippen molar-refractivity contribution in [3.05, 3.63) is 0 Å². The summed E-state index contributed by atoms with van der Waals surface area (Å²) in [6.07, 6.45) is 2.24. The van der Waals surface area contributed by atoms with Crippen LogP contribution in [0, 0.1) is 0 Å². The smallest absolute Gasteiger partial charge is 0.0925 e. The zero-order valence-corrected chi connectivity index (χ0v) is 6.76. The van der Waals surface area contributed by atoms with E-state index in [1.165, 1.54) is 6.42 Å². The van der Waals surface area contributed by atoms with E-state index in [9.17, 15) is 0 Å². The quantitative estimate of drug-likeness (QED) is 0.593. The molecule has 0 spiro atoms. The Morgan fingerprint density at radius 3 is 2.80 bits per heavy atom. The summed E-state index contributed by atoms with van der Waals surface area (Å²) in [6.45, 7) is 1.74. The minimum Gasteiger partial charge on any atom is -0.381 e. The molecule has 0 aromatic heterocycles. The molecule has 60 valence electrons. The van der Waals surface area contributed by atoms with Crippen LogP contribution in [0.2, 0.25) is 0 Å². The third kappa shape index (κ3) is 1.31. The lowest BCUT2D eigenvalue weighted by Crippen LogP contribution is -2.53. The van der Waals surface area contributed by atoms with Crippen molar-refractivity contribution < 1.29 is 4.74 Å². The molecule has 1 heterocycles. The van der Waals surface area contributed by atoms with Crippen LogP contribution in [0.5, 0.6) is 0 Å². The minimum absolute atomic E-state index is 0.186. The SMILES string of the molecule is COCC1(N)CCCN1C. The highest BCUT2D eigenvalue weighted by atomic mass is 16.5. The summed E-state index contributed by atoms with van der Waals surface area (Å²) in [6, 6.07) is 0. The molecule has 0 amide bonds. The second-order valence-corrected chi connectivity index (χ2v) is 3.06. The molecule has 1 atom stereocenters. The minimum atomic E-state index is -0.186. The van der Waals surface area contributed by atoms with E-state index in [0.717, 1.165) is 13.0 Å². The van der Waals surface area contributed by atoms with E-state index in [0.29, 0.717) is 6.61 Å². The Morgan fingerprint density at radius 1 is 1.70 bits per heavy atom. The number of hydrogen-bond acceptors (Lipinski definition) is 3. The molecular weight excluding hydrogens is 128 g/mol. The van der Waals surface area contributed by atoms with Crippen molar-refractivity contribution in [3.8, 4) is 0 Å². The van der Waals surface area contributed by atoms with Crippen LogP contribution >= 0.6 is 0 Å². The lowest BCUT2D eigenvalue weighted by Gasteiger charge is -2.30. The lowest BCUT2D eigenvalue weighted by atomic mass is 10.1. The summed E-state index contributed by atoms with van der Waals surface area (Å²) in [7, 11) is 3.74. The van der Waals surface area contributed by atoms with Crippen molar-refractivity contribution in [2.45, 2.75) is 18.5 Å². The number of likely N-dealkylation sites (N-methyl/N-ethyl adjacent to an activating group) is 1. The summed E-state index contributed by atoms with van der Waals surface area (Å²) in [5.74, 6) is 0. The predicted octanol–water partition coefficient (Wildman–Crippen LogP) is 0.0134. The van der Waals surface area contributed by atoms with E-state index in [4.69, 9.17) is 10.5 Å². The van der Waals surface area contributed by atoms with Gasteiger partial charge in [-0.2, -0.15) is 0 Å². The van der Waals surface area contributed by atoms with Crippen molar-refractivity contribution in [3.63, 3.8) is 0 Å². The van der Waals surface area contributed by atoms with Crippen molar-refractivity contribution in [2.24, 2.45) is 5.73 Å². The van der Waals surface area contributed by atoms with Crippen LogP contribution in [0.4, 0.5) is 0 Å². The van der Waals surface area contributed by atoms with E-state index in [1.807, 2.05) is 7.05 Å². The molecule has 0 aromatic rings. The fourth-order valence-corrected chi connectivity index (χ4v) is 1.47. The van der Waals surface area contributed by atoms with Crippen LogP contribution in [0.1, 0.15) is 12.8 Å². The fraction of sp³-hybridized carbons (Fsp3) is 1.00. The average molecular weight is 144 g/mol. The number of rotatable bonds is 2. The third-order valence-electron chi connectivity index (χ3n) is 2.26. The van der Waals surface area contributed by atoms with Crippen LogP contribution in [-0.2, 0) is 4.74 Å². The Balaban J connectivity index is 2.48. The molecule has 1 rings (SSSR count). The Bertz CT molecular complexity index is 118. The van der Waals surface area contributed by atoms with Crippen molar-refractivity contribution in [1.82, 2.24) is 4.90 Å². The molecule has 1 saturated heterocycles. The maximum Gasteiger partial charge on any atom is 0.0925 e. The van der Waals surface area contributed by atoms with E-state index in [-0.39, 0.29) is 5.66 Å². The van der Waals surface area contributed by atoms with Crippen LogP contribution < -0.4 is 5.73 Å². The summed E-state index contributed by atoms with van der Waals surface area (Å²) in [5, 5.41) is 0. The topological polar surface area (TPSA) is 38.5 Å². The second-order valence-electron chi connectivity index (χ2n) is 3.06. The monoisotopic (exact) mass is 144 g/mol. The number of nitrogens with zero attached hydrogens (tertiary/aromatic N) is 1. The first-order chi connectivity index (χ1) is 4.69. The molecule has 2 N–H and O–H groups in total. The zero-order valence-electron chi connectivity index (χ0n) is 6.76. The van der Waals surface area contributed by atoms with Crippen molar-refractivity contribution in [2.75, 3.05) is 27.3 Å². The molecule has 1 aliphatic heterocycles. The van der Waals surface area contributed by atoms with Crippen LogP contribution in [0.15, 0.2) is 0 Å². The van der Waals surface area contributed by atoms with E-state index in [1.54, 1.807) is 7.11 Å². The van der Waals surface area contributed by atoms with Gasteiger partial charge in [0, 0.05) is 7.11 Å². The largest absolute Gasteiger partial charge is 0.381 e. The maximum absolute atomic E-state index is 6.01. The number of likely N-dealkylation sites (tertiary alicyclic amines) is 1. The van der Waals surface area contributed by atoms with Crippen LogP contribution in [-0.4, -0.2) is 37.9 Å². The average Bonchev–Trinajstić information content (AvgIpc) is 2.15. The van der Waals surface area contributed by atoms with E-state index in [2.05, 4.69) is 4.90 Å². The van der Waals surface area contributed by atoms with E-state index < -0.39 is 0 Å². The Morgan fingerprint density at radius 2 is 2.40 bits per heavy atom. The molecule has 1 aliphatic rings. The molecule has 1 unspecified atom stereocenters. The van der Waals surface area contributed by atoms with Gasteiger partial charge in [-0.3, -0.25) is 4.90 Å². The van der Waals surface area contributed by atoms with Gasteiger partial charge in [-0.25, -0.2) is 0 Å². The molecule has 0 saturated carbocycles. The first-order valence-corrected chi connectivity index (χ1v) is 3.68. The van der Waals surface area contributed by atoms with Crippen molar-refractivity contribution >= 4 is 0 Å². The van der Waals surface area contributed by atoms with Gasteiger partial charge < -0.3 is 10.5 Å². The van der Waals surface area contributed by atoms with Gasteiger partial charge in [-0.05, 0) is 26.4 Å². The van der Waals surface area contributed by atoms with Gasteiger partial charge in [0.1, 0.15) is 0 Å². The first-order valence-electron chi connectivity index (χ1n) is 3.68. The molecule has 3 nitrogen and oxygen atoms in total. The number of methoxy groups -OCH3 is 1. The highest BCUT2D eigenvalue weighted by Gasteiger charge is 2.34. The van der Waals surface area contributed by atoms with Crippen molar-refractivity contribution in [1.29, 1.82) is 0 Å². The van der Waals surface area contributed by atoms with Gasteiger partial charge in [0.25, 0.3) is 0 Å². The zero-order chi connectivity index (χ0) is 7.61. The van der Waals surface area contributed by atoms with Gasteiger partial charge in [0.2, 0.25) is 0 Å². The lowest BCUT2D eigenvalue weighted by molar-refractivity contribution is 0.0573. The van der Waals surface area contributed by atoms with Gasteiger partial charge >= 0.3 is 0 Å². The second kappa shape index (κ2) is 2.86. The Hall–Kier alpha value is -0.120. The normalized spacial score (nSPS) is 35.1. The highest BCUT2D eigenvalue weighted by molar-refractivity contribution is 4.88. The summed E-state index contributed by atoms with van der Waals surface area (Å²) >= 11 is 0. The molecule has 10 heavy (non-hydrogen) atoms. The molecule has 0 radical (unpaired) electrons. The fourth-order valence-electron chi connectivity index (χ4n) is 1.47. The third-order valence-corrected chi connectivity index (χ3v) is 2.26. The van der Waals surface area contributed by atoms with Crippen LogP contribution in [0.25, 0.3) is 0 Å². The van der Waals surface area contributed by atoms with Gasteiger partial charge in [-0.15, -0.1) is 0 Å².